The largest absolute Gasteiger partial charge is 0.357 e. The summed E-state index contributed by atoms with van der Waals surface area (Å²) in [4.78, 5) is 7.24. The predicted molar refractivity (Wildman–Crippen MR) is 76.8 cm³/mol. The number of hydrogen-bond donors (Lipinski definition) is 2. The van der Waals surface area contributed by atoms with Crippen LogP contribution in [0.2, 0.25) is 0 Å². The van der Waals surface area contributed by atoms with Crippen LogP contribution in [0, 0.1) is 5.92 Å². The molecule has 2 aliphatic rings. The first kappa shape index (κ1) is 12.6. The van der Waals surface area contributed by atoms with Crippen molar-refractivity contribution < 1.29 is 0 Å². The highest BCUT2D eigenvalue weighted by molar-refractivity contribution is 5.24. The van der Waals surface area contributed by atoms with E-state index < -0.39 is 0 Å². The van der Waals surface area contributed by atoms with E-state index in [9.17, 15) is 0 Å². The summed E-state index contributed by atoms with van der Waals surface area (Å²) in [6.45, 7) is 7.68. The first-order valence-electron chi connectivity index (χ1n) is 7.10. The van der Waals surface area contributed by atoms with Crippen LogP contribution in [0.1, 0.15) is 13.8 Å². The van der Waals surface area contributed by atoms with Gasteiger partial charge in [0.1, 0.15) is 0 Å². The van der Waals surface area contributed by atoms with Gasteiger partial charge in [0.05, 0.1) is 5.36 Å². The van der Waals surface area contributed by atoms with Gasteiger partial charge in [-0.15, -0.1) is 0 Å². The number of fused-ring (bicyclic) bond motifs is 1. The Bertz CT molecular complexity index is 552. The average Bonchev–Trinajstić information content (AvgIpc) is 2.47. The maximum absolute atomic E-state index is 4.82. The lowest BCUT2D eigenvalue weighted by atomic mass is 10.0. The zero-order valence-electron chi connectivity index (χ0n) is 11.6. The molecule has 19 heavy (non-hydrogen) atoms. The van der Waals surface area contributed by atoms with Crippen LogP contribution < -0.4 is 21.2 Å². The molecule has 2 aliphatic heterocycles. The molecule has 0 radical (unpaired) electrons. The van der Waals surface area contributed by atoms with E-state index >= 15 is 0 Å². The number of rotatable bonds is 2. The topological polar surface area (TPSA) is 39.7 Å². The molecule has 1 aromatic carbocycles. The molecule has 0 bridgehead atoms. The second kappa shape index (κ2) is 5.31. The number of hydrogen-bond acceptors (Lipinski definition) is 4. The Balaban J connectivity index is 1.79. The van der Waals surface area contributed by atoms with Crippen molar-refractivity contribution in [2.45, 2.75) is 26.2 Å². The van der Waals surface area contributed by atoms with Crippen molar-refractivity contribution in [3.63, 3.8) is 0 Å². The Morgan fingerprint density at radius 3 is 3.00 bits per heavy atom. The van der Waals surface area contributed by atoms with Gasteiger partial charge in [0, 0.05) is 37.1 Å². The summed E-state index contributed by atoms with van der Waals surface area (Å²) < 4.78 is 0. The van der Waals surface area contributed by atoms with E-state index in [-0.39, 0.29) is 6.29 Å². The number of para-hydroxylation sites is 1. The van der Waals surface area contributed by atoms with E-state index in [4.69, 9.17) is 4.99 Å². The molecular formula is C15H22N4. The maximum Gasteiger partial charge on any atom is 0.176 e. The van der Waals surface area contributed by atoms with Crippen LogP contribution in [0.25, 0.3) is 6.20 Å². The molecule has 1 saturated heterocycles. The van der Waals surface area contributed by atoms with Crippen molar-refractivity contribution in [3.8, 4) is 0 Å². The summed E-state index contributed by atoms with van der Waals surface area (Å²) in [7, 11) is 0. The molecule has 2 heterocycles. The molecule has 4 nitrogen and oxygen atoms in total. The van der Waals surface area contributed by atoms with Gasteiger partial charge < -0.3 is 10.6 Å². The average molecular weight is 258 g/mol. The van der Waals surface area contributed by atoms with Gasteiger partial charge in [-0.1, -0.05) is 32.0 Å². The fourth-order valence-corrected chi connectivity index (χ4v) is 2.72. The van der Waals surface area contributed by atoms with Gasteiger partial charge >= 0.3 is 0 Å². The van der Waals surface area contributed by atoms with Gasteiger partial charge in [-0.25, -0.2) is 4.99 Å². The third-order valence-electron chi connectivity index (χ3n) is 3.97. The molecular weight excluding hydrogens is 236 g/mol. The predicted octanol–water partition coefficient (Wildman–Crippen LogP) is -0.139. The quantitative estimate of drug-likeness (QED) is 0.776. The number of piperazine rings is 1. The van der Waals surface area contributed by atoms with Gasteiger partial charge in [-0.2, -0.15) is 0 Å². The molecule has 0 aliphatic carbocycles. The molecule has 0 aromatic heterocycles. The number of nitrogens with one attached hydrogen (secondary N) is 2. The second-order valence-electron chi connectivity index (χ2n) is 5.67. The second-order valence-corrected chi connectivity index (χ2v) is 5.67. The molecule has 2 atom stereocenters. The van der Waals surface area contributed by atoms with E-state index in [2.05, 4.69) is 47.7 Å². The lowest BCUT2D eigenvalue weighted by molar-refractivity contribution is 0.118. The molecule has 0 amide bonds. The summed E-state index contributed by atoms with van der Waals surface area (Å²) in [6, 6.07) is 8.83. The Hall–Kier alpha value is -1.39. The summed E-state index contributed by atoms with van der Waals surface area (Å²) in [6.07, 6.45) is 2.16. The monoisotopic (exact) mass is 258 g/mol. The fourth-order valence-electron chi connectivity index (χ4n) is 2.72. The number of benzene rings is 1. The fraction of sp³-hybridized carbons (Fsp3) is 0.533. The molecule has 1 fully saturated rings. The summed E-state index contributed by atoms with van der Waals surface area (Å²) >= 11 is 0. The van der Waals surface area contributed by atoms with Crippen molar-refractivity contribution in [3.05, 3.63) is 34.8 Å². The Labute approximate surface area is 114 Å². The van der Waals surface area contributed by atoms with Crippen molar-refractivity contribution in [2.24, 2.45) is 10.9 Å². The van der Waals surface area contributed by atoms with E-state index in [0.717, 1.165) is 25.0 Å². The van der Waals surface area contributed by atoms with Crippen molar-refractivity contribution in [2.75, 3.05) is 19.6 Å². The summed E-state index contributed by atoms with van der Waals surface area (Å²) in [5.41, 5.74) is 0. The van der Waals surface area contributed by atoms with Crippen LogP contribution in [0.3, 0.4) is 0 Å². The third kappa shape index (κ3) is 2.65. The van der Waals surface area contributed by atoms with Crippen LogP contribution in [0.5, 0.6) is 0 Å². The smallest absolute Gasteiger partial charge is 0.176 e. The van der Waals surface area contributed by atoms with Crippen LogP contribution in [-0.4, -0.2) is 36.9 Å². The van der Waals surface area contributed by atoms with Crippen LogP contribution in [0.15, 0.2) is 29.3 Å². The molecule has 0 spiro atoms. The minimum Gasteiger partial charge on any atom is -0.357 e. The first-order valence-corrected chi connectivity index (χ1v) is 7.10. The maximum atomic E-state index is 4.82. The normalized spacial score (nSPS) is 27.1. The van der Waals surface area contributed by atoms with E-state index in [0.29, 0.717) is 12.0 Å². The zero-order chi connectivity index (χ0) is 13.2. The lowest BCUT2D eigenvalue weighted by Gasteiger charge is -2.39. The van der Waals surface area contributed by atoms with Crippen molar-refractivity contribution >= 4 is 6.20 Å². The van der Waals surface area contributed by atoms with Gasteiger partial charge in [0.25, 0.3) is 0 Å². The molecule has 4 heteroatoms. The Kier molecular flexibility index (Phi) is 3.53. The molecule has 2 N–H and O–H groups in total. The van der Waals surface area contributed by atoms with Crippen molar-refractivity contribution in [1.82, 2.24) is 15.5 Å². The van der Waals surface area contributed by atoms with Crippen LogP contribution >= 0.6 is 0 Å². The highest BCUT2D eigenvalue weighted by Crippen LogP contribution is 2.10. The third-order valence-corrected chi connectivity index (χ3v) is 3.97. The Morgan fingerprint density at radius 2 is 2.16 bits per heavy atom. The molecule has 3 rings (SSSR count). The highest BCUT2D eigenvalue weighted by atomic mass is 15.4. The minimum atomic E-state index is 0.0817. The molecule has 1 aromatic rings. The lowest BCUT2D eigenvalue weighted by Crippen LogP contribution is -2.59. The minimum absolute atomic E-state index is 0.0817. The molecule has 102 valence electrons. The summed E-state index contributed by atoms with van der Waals surface area (Å²) in [5.74, 6) is 0.655. The van der Waals surface area contributed by atoms with Gasteiger partial charge in [0.2, 0.25) is 0 Å². The van der Waals surface area contributed by atoms with Crippen LogP contribution in [0.4, 0.5) is 0 Å². The Morgan fingerprint density at radius 1 is 1.32 bits per heavy atom. The molecule has 0 saturated carbocycles. The van der Waals surface area contributed by atoms with E-state index in [1.165, 1.54) is 5.22 Å². The zero-order valence-corrected chi connectivity index (χ0v) is 11.6. The number of nitrogens with zero attached hydrogens (tertiary/aromatic N) is 2. The van der Waals surface area contributed by atoms with E-state index in [1.54, 1.807) is 0 Å². The standard InChI is InChI=1S/C15H22N4/c1-11(2)14-10-19(8-7-16-14)15-17-9-12-5-3-4-6-13(12)18-15/h3-6,9,11,14-17H,7-8,10H2,1-2H3. The summed E-state index contributed by atoms with van der Waals surface area (Å²) in [5, 5.41) is 9.26. The molecule has 2 unspecified atom stereocenters. The van der Waals surface area contributed by atoms with Crippen LogP contribution in [-0.2, 0) is 0 Å². The van der Waals surface area contributed by atoms with Gasteiger partial charge in [-0.05, 0) is 12.0 Å². The van der Waals surface area contributed by atoms with Gasteiger partial charge in [0.15, 0.2) is 6.29 Å². The highest BCUT2D eigenvalue weighted by Gasteiger charge is 2.26. The SMILES string of the molecule is CC(C)C1CN(C2N=c3ccccc3=CN2)CCN1. The first-order chi connectivity index (χ1) is 9.24. The van der Waals surface area contributed by atoms with E-state index in [1.807, 2.05) is 12.1 Å². The van der Waals surface area contributed by atoms with Crippen molar-refractivity contribution in [1.29, 1.82) is 0 Å². The van der Waals surface area contributed by atoms with Gasteiger partial charge in [-0.3, -0.25) is 4.90 Å².